The van der Waals surface area contributed by atoms with Gasteiger partial charge in [0, 0.05) is 18.0 Å². The molecule has 2 aromatic rings. The number of nitrogens with zero attached hydrogens (tertiary/aromatic N) is 1. The van der Waals surface area contributed by atoms with Crippen LogP contribution in [0.25, 0.3) is 0 Å². The van der Waals surface area contributed by atoms with Gasteiger partial charge in [0.05, 0.1) is 19.2 Å². The molecule has 152 valence electrons. The van der Waals surface area contributed by atoms with Gasteiger partial charge in [0.15, 0.2) is 11.5 Å². The summed E-state index contributed by atoms with van der Waals surface area (Å²) < 4.78 is 17.1. The fraction of sp³-hybridized carbons (Fsp3) is 0.455. The minimum Gasteiger partial charge on any atom is -0.493 e. The number of likely N-dealkylation sites (tertiary alicyclic amines) is 1. The van der Waals surface area contributed by atoms with E-state index in [1.165, 1.54) is 4.90 Å². The number of hydrogen-bond donors (Lipinski definition) is 0. The van der Waals surface area contributed by atoms with Crippen LogP contribution in [0.1, 0.15) is 19.3 Å². The molecule has 0 aromatic heterocycles. The van der Waals surface area contributed by atoms with Gasteiger partial charge in [0.1, 0.15) is 6.10 Å². The number of rotatable bonds is 9. The van der Waals surface area contributed by atoms with E-state index in [-0.39, 0.29) is 6.10 Å². The molecule has 3 rings (SSSR count). The third-order valence-corrected chi connectivity index (χ3v) is 6.52. The normalized spacial score (nSPS) is 15.4. The molecule has 2 aromatic carbocycles. The van der Waals surface area contributed by atoms with Crippen molar-refractivity contribution in [2.24, 2.45) is 0 Å². The molecule has 1 saturated heterocycles. The number of thioether (sulfide) groups is 1. The highest BCUT2D eigenvalue weighted by molar-refractivity contribution is 7.99. The Morgan fingerprint density at radius 3 is 2.32 bits per heavy atom. The van der Waals surface area contributed by atoms with E-state index in [1.807, 2.05) is 48.2 Å². The van der Waals surface area contributed by atoms with Gasteiger partial charge in [-0.15, -0.1) is 11.8 Å². The zero-order valence-corrected chi connectivity index (χ0v) is 18.1. The second-order valence-electron chi connectivity index (χ2n) is 6.78. The molecule has 1 aliphatic rings. The second kappa shape index (κ2) is 10.8. The topological polar surface area (TPSA) is 30.9 Å². The zero-order valence-electron chi connectivity index (χ0n) is 16.5. The van der Waals surface area contributed by atoms with Crippen LogP contribution < -0.4 is 14.2 Å². The SMILES string of the molecule is COc1cccc(OC)c1OC1CCN(CCCSc2ccccc2Cl)CC1. The summed E-state index contributed by atoms with van der Waals surface area (Å²) in [6.07, 6.45) is 3.37. The number of methoxy groups -OCH3 is 2. The molecule has 6 heteroatoms. The van der Waals surface area contributed by atoms with Gasteiger partial charge in [-0.3, -0.25) is 0 Å². The fourth-order valence-corrected chi connectivity index (χ4v) is 4.56. The Kier molecular flexibility index (Phi) is 8.19. The third-order valence-electron chi connectivity index (χ3n) is 4.91. The summed E-state index contributed by atoms with van der Waals surface area (Å²) in [6, 6.07) is 13.8. The molecular formula is C22H28ClNO3S. The predicted molar refractivity (Wildman–Crippen MR) is 116 cm³/mol. The van der Waals surface area contributed by atoms with Crippen molar-refractivity contribution in [2.45, 2.75) is 30.3 Å². The van der Waals surface area contributed by atoms with E-state index >= 15 is 0 Å². The molecule has 0 atom stereocenters. The van der Waals surface area contributed by atoms with Gasteiger partial charge < -0.3 is 19.1 Å². The molecule has 4 nitrogen and oxygen atoms in total. The highest BCUT2D eigenvalue weighted by Gasteiger charge is 2.23. The molecule has 0 radical (unpaired) electrons. The van der Waals surface area contributed by atoms with Gasteiger partial charge >= 0.3 is 0 Å². The molecule has 1 fully saturated rings. The van der Waals surface area contributed by atoms with Crippen molar-refractivity contribution in [3.8, 4) is 17.2 Å². The summed E-state index contributed by atoms with van der Waals surface area (Å²) in [5.74, 6) is 3.23. The van der Waals surface area contributed by atoms with Crippen LogP contribution >= 0.6 is 23.4 Å². The summed E-state index contributed by atoms with van der Waals surface area (Å²) in [7, 11) is 3.32. The number of ether oxygens (including phenoxy) is 3. The Balaban J connectivity index is 1.41. The standard InChI is InChI=1S/C22H28ClNO3S/c1-25-19-8-5-9-20(26-2)22(19)27-17-11-14-24(15-12-17)13-6-16-28-21-10-4-3-7-18(21)23/h3-5,7-10,17H,6,11-16H2,1-2H3. The quantitative estimate of drug-likeness (QED) is 0.400. The average molecular weight is 422 g/mol. The molecule has 0 N–H and O–H groups in total. The lowest BCUT2D eigenvalue weighted by Gasteiger charge is -2.32. The molecule has 0 amide bonds. The molecule has 1 aliphatic heterocycles. The highest BCUT2D eigenvalue weighted by atomic mass is 35.5. The van der Waals surface area contributed by atoms with Crippen LogP contribution in [0.15, 0.2) is 47.4 Å². The molecule has 28 heavy (non-hydrogen) atoms. The lowest BCUT2D eigenvalue weighted by atomic mass is 10.1. The van der Waals surface area contributed by atoms with Crippen molar-refractivity contribution in [2.75, 3.05) is 39.6 Å². The van der Waals surface area contributed by atoms with Gasteiger partial charge in [0.2, 0.25) is 5.75 Å². The molecule has 0 bridgehead atoms. The maximum Gasteiger partial charge on any atom is 0.203 e. The van der Waals surface area contributed by atoms with Gasteiger partial charge in [-0.25, -0.2) is 0 Å². The van der Waals surface area contributed by atoms with Crippen molar-refractivity contribution < 1.29 is 14.2 Å². The number of halogens is 1. The Morgan fingerprint density at radius 1 is 1.00 bits per heavy atom. The first-order valence-corrected chi connectivity index (χ1v) is 11.0. The van der Waals surface area contributed by atoms with Gasteiger partial charge in [-0.1, -0.05) is 29.8 Å². The van der Waals surface area contributed by atoms with Crippen LogP contribution in [-0.2, 0) is 0 Å². The van der Waals surface area contributed by atoms with Crippen LogP contribution in [0.5, 0.6) is 17.2 Å². The van der Waals surface area contributed by atoms with Gasteiger partial charge in [-0.05, 0) is 55.8 Å². The first-order chi connectivity index (χ1) is 13.7. The third kappa shape index (κ3) is 5.72. The van der Waals surface area contributed by atoms with E-state index < -0.39 is 0 Å². The van der Waals surface area contributed by atoms with Crippen molar-refractivity contribution >= 4 is 23.4 Å². The maximum atomic E-state index is 6.25. The molecule has 0 aliphatic carbocycles. The van der Waals surface area contributed by atoms with Crippen LogP contribution in [0.4, 0.5) is 0 Å². The van der Waals surface area contributed by atoms with Crippen molar-refractivity contribution in [3.05, 3.63) is 47.5 Å². The number of benzene rings is 2. The number of para-hydroxylation sites is 1. The minimum atomic E-state index is 0.193. The van der Waals surface area contributed by atoms with Gasteiger partial charge in [0.25, 0.3) is 0 Å². The molecule has 0 unspecified atom stereocenters. The summed E-state index contributed by atoms with van der Waals surface area (Å²) in [4.78, 5) is 3.69. The van der Waals surface area contributed by atoms with E-state index in [2.05, 4.69) is 11.0 Å². The smallest absolute Gasteiger partial charge is 0.203 e. The lowest BCUT2D eigenvalue weighted by Crippen LogP contribution is -2.38. The monoisotopic (exact) mass is 421 g/mol. The second-order valence-corrected chi connectivity index (χ2v) is 8.33. The Morgan fingerprint density at radius 2 is 1.68 bits per heavy atom. The first kappa shape index (κ1) is 21.2. The van der Waals surface area contributed by atoms with E-state index in [1.54, 1.807) is 14.2 Å². The summed E-state index contributed by atoms with van der Waals surface area (Å²) >= 11 is 8.05. The Hall–Kier alpha value is -1.56. The maximum absolute atomic E-state index is 6.25. The van der Waals surface area contributed by atoms with Crippen molar-refractivity contribution in [3.63, 3.8) is 0 Å². The van der Waals surface area contributed by atoms with Crippen LogP contribution in [-0.4, -0.2) is 50.6 Å². The molecular weight excluding hydrogens is 394 g/mol. The summed E-state index contributed by atoms with van der Waals surface area (Å²) in [5.41, 5.74) is 0. The number of hydrogen-bond acceptors (Lipinski definition) is 5. The number of piperidine rings is 1. The Labute approximate surface area is 177 Å². The van der Waals surface area contributed by atoms with Crippen molar-refractivity contribution in [1.29, 1.82) is 0 Å². The van der Waals surface area contributed by atoms with Crippen LogP contribution in [0.2, 0.25) is 5.02 Å². The van der Waals surface area contributed by atoms with E-state index in [0.29, 0.717) is 5.75 Å². The van der Waals surface area contributed by atoms with E-state index in [0.717, 1.165) is 61.2 Å². The van der Waals surface area contributed by atoms with E-state index in [9.17, 15) is 0 Å². The Bertz CT molecular complexity index is 728. The van der Waals surface area contributed by atoms with Gasteiger partial charge in [-0.2, -0.15) is 0 Å². The average Bonchev–Trinajstić information content (AvgIpc) is 2.73. The first-order valence-electron chi connectivity index (χ1n) is 9.68. The molecule has 0 saturated carbocycles. The predicted octanol–water partition coefficient (Wildman–Crippen LogP) is 5.38. The molecule has 0 spiro atoms. The minimum absolute atomic E-state index is 0.193. The van der Waals surface area contributed by atoms with E-state index in [4.69, 9.17) is 25.8 Å². The largest absolute Gasteiger partial charge is 0.493 e. The summed E-state index contributed by atoms with van der Waals surface area (Å²) in [6.45, 7) is 3.22. The van der Waals surface area contributed by atoms with Crippen molar-refractivity contribution in [1.82, 2.24) is 4.90 Å². The van der Waals surface area contributed by atoms with Crippen LogP contribution in [0, 0.1) is 0 Å². The zero-order chi connectivity index (χ0) is 19.8. The fourth-order valence-electron chi connectivity index (χ4n) is 3.38. The highest BCUT2D eigenvalue weighted by Crippen LogP contribution is 2.38. The van der Waals surface area contributed by atoms with Crippen LogP contribution in [0.3, 0.4) is 0 Å². The lowest BCUT2D eigenvalue weighted by molar-refractivity contribution is 0.0955. The summed E-state index contributed by atoms with van der Waals surface area (Å²) in [5, 5.41) is 0.845. The molecule has 1 heterocycles.